The first-order valence-electron chi connectivity index (χ1n) is 7.20. The van der Waals surface area contributed by atoms with E-state index in [0.29, 0.717) is 0 Å². The van der Waals surface area contributed by atoms with E-state index in [-0.39, 0.29) is 0 Å². The minimum atomic E-state index is 0.754. The summed E-state index contributed by atoms with van der Waals surface area (Å²) in [4.78, 5) is 0. The van der Waals surface area contributed by atoms with E-state index in [1.807, 2.05) is 24.3 Å². The average Bonchev–Trinajstić information content (AvgIpc) is 3.02. The zero-order valence-corrected chi connectivity index (χ0v) is 15.0. The maximum absolute atomic E-state index is 6.17. The Hall–Kier alpha value is -1.56. The Bertz CT molecular complexity index is 772. The van der Waals surface area contributed by atoms with Crippen molar-refractivity contribution >= 4 is 39.8 Å². The Morgan fingerprint density at radius 2 is 1.87 bits per heavy atom. The van der Waals surface area contributed by atoms with Gasteiger partial charge in [-0.3, -0.25) is 0 Å². The summed E-state index contributed by atoms with van der Waals surface area (Å²) in [5.41, 5.74) is 3.61. The van der Waals surface area contributed by atoms with Crippen molar-refractivity contribution in [2.24, 2.45) is 0 Å². The Kier molecular flexibility index (Phi) is 5.54. The highest BCUT2D eigenvalue weighted by molar-refractivity contribution is 8.00. The third-order valence-electron chi connectivity index (χ3n) is 3.28. The molecule has 1 N–H and O–H groups in total. The highest BCUT2D eigenvalue weighted by atomic mass is 35.5. The van der Waals surface area contributed by atoms with Gasteiger partial charge < -0.3 is 5.32 Å². The number of anilines is 1. The normalized spacial score (nSPS) is 10.7. The molecule has 0 saturated carbocycles. The lowest BCUT2D eigenvalue weighted by Gasteiger charge is -2.02. The quantitative estimate of drug-likeness (QED) is 0.596. The van der Waals surface area contributed by atoms with Crippen molar-refractivity contribution in [1.82, 2.24) is 10.2 Å². The maximum Gasteiger partial charge on any atom is 0.206 e. The molecule has 2 aromatic carbocycles. The van der Waals surface area contributed by atoms with Crippen LogP contribution in [0.1, 0.15) is 16.7 Å². The van der Waals surface area contributed by atoms with Crippen LogP contribution in [0.25, 0.3) is 0 Å². The van der Waals surface area contributed by atoms with E-state index >= 15 is 0 Å². The van der Waals surface area contributed by atoms with Gasteiger partial charge in [-0.25, -0.2) is 0 Å². The minimum absolute atomic E-state index is 0.754. The Balaban J connectivity index is 1.53. The molecule has 0 aliphatic heterocycles. The van der Waals surface area contributed by atoms with E-state index in [1.54, 1.807) is 23.1 Å². The van der Waals surface area contributed by atoms with Crippen LogP contribution in [-0.2, 0) is 12.3 Å². The lowest BCUT2D eigenvalue weighted by atomic mass is 10.1. The average molecular weight is 362 g/mol. The SMILES string of the molecule is Cc1ccc(CNc2nnc(SCc3ccccc3Cl)s2)cc1. The van der Waals surface area contributed by atoms with Crippen LogP contribution in [0.5, 0.6) is 0 Å². The summed E-state index contributed by atoms with van der Waals surface area (Å²) < 4.78 is 0.941. The van der Waals surface area contributed by atoms with Gasteiger partial charge in [0.15, 0.2) is 4.34 Å². The molecule has 0 saturated heterocycles. The summed E-state index contributed by atoms with van der Waals surface area (Å²) in [5.74, 6) is 0.798. The van der Waals surface area contributed by atoms with Crippen molar-refractivity contribution in [2.45, 2.75) is 23.6 Å². The zero-order valence-electron chi connectivity index (χ0n) is 12.6. The lowest BCUT2D eigenvalue weighted by Crippen LogP contribution is -1.98. The van der Waals surface area contributed by atoms with Crippen LogP contribution in [-0.4, -0.2) is 10.2 Å². The van der Waals surface area contributed by atoms with Gasteiger partial charge in [0.2, 0.25) is 5.13 Å². The van der Waals surface area contributed by atoms with Crippen LogP contribution < -0.4 is 5.32 Å². The highest BCUT2D eigenvalue weighted by Gasteiger charge is 2.06. The molecule has 0 bridgehead atoms. The van der Waals surface area contributed by atoms with Crippen LogP contribution in [0.3, 0.4) is 0 Å². The molecule has 1 heterocycles. The molecule has 1 aromatic heterocycles. The predicted octanol–water partition coefficient (Wildman–Crippen LogP) is 5.40. The smallest absolute Gasteiger partial charge is 0.206 e. The number of nitrogens with zero attached hydrogens (tertiary/aromatic N) is 2. The standard InChI is InChI=1S/C17H16ClN3S2/c1-12-6-8-13(9-7-12)10-19-16-20-21-17(23-16)22-11-14-4-2-3-5-15(14)18/h2-9H,10-11H2,1H3,(H,19,20). The summed E-state index contributed by atoms with van der Waals surface area (Å²) in [7, 11) is 0. The highest BCUT2D eigenvalue weighted by Crippen LogP contribution is 2.30. The second-order valence-corrected chi connectivity index (χ2v) is 7.70. The van der Waals surface area contributed by atoms with Gasteiger partial charge in [-0.2, -0.15) is 0 Å². The van der Waals surface area contributed by atoms with E-state index in [0.717, 1.165) is 32.4 Å². The van der Waals surface area contributed by atoms with Crippen LogP contribution in [0.4, 0.5) is 5.13 Å². The van der Waals surface area contributed by atoms with Gasteiger partial charge in [0, 0.05) is 17.3 Å². The largest absolute Gasteiger partial charge is 0.356 e. The lowest BCUT2D eigenvalue weighted by molar-refractivity contribution is 0.995. The Morgan fingerprint density at radius 1 is 1.09 bits per heavy atom. The van der Waals surface area contributed by atoms with E-state index in [2.05, 4.69) is 46.7 Å². The minimum Gasteiger partial charge on any atom is -0.356 e. The molecule has 0 atom stereocenters. The van der Waals surface area contributed by atoms with Gasteiger partial charge in [-0.1, -0.05) is 82.7 Å². The Morgan fingerprint density at radius 3 is 2.65 bits per heavy atom. The third-order valence-corrected chi connectivity index (χ3v) is 5.71. The van der Waals surface area contributed by atoms with Crippen molar-refractivity contribution in [1.29, 1.82) is 0 Å². The number of halogens is 1. The van der Waals surface area contributed by atoms with Gasteiger partial charge in [-0.15, -0.1) is 10.2 Å². The first-order chi connectivity index (χ1) is 11.2. The molecule has 0 amide bonds. The van der Waals surface area contributed by atoms with E-state index in [4.69, 9.17) is 11.6 Å². The molecule has 118 valence electrons. The number of nitrogens with one attached hydrogen (secondary N) is 1. The topological polar surface area (TPSA) is 37.8 Å². The molecule has 23 heavy (non-hydrogen) atoms. The van der Waals surface area contributed by atoms with Gasteiger partial charge in [0.05, 0.1) is 0 Å². The number of benzene rings is 2. The molecule has 3 aromatic rings. The molecule has 0 unspecified atom stereocenters. The first kappa shape index (κ1) is 16.3. The second kappa shape index (κ2) is 7.81. The molecule has 3 rings (SSSR count). The molecule has 0 fully saturated rings. The number of thioether (sulfide) groups is 1. The van der Waals surface area contributed by atoms with Gasteiger partial charge >= 0.3 is 0 Å². The fraction of sp³-hybridized carbons (Fsp3) is 0.176. The summed E-state index contributed by atoms with van der Waals surface area (Å²) in [6, 6.07) is 16.3. The molecule has 3 nitrogen and oxygen atoms in total. The van der Waals surface area contributed by atoms with Crippen molar-refractivity contribution in [2.75, 3.05) is 5.32 Å². The zero-order chi connectivity index (χ0) is 16.1. The molecule has 0 spiro atoms. The maximum atomic E-state index is 6.17. The van der Waals surface area contributed by atoms with Gasteiger partial charge in [0.1, 0.15) is 0 Å². The molecular formula is C17H16ClN3S2. The van der Waals surface area contributed by atoms with Gasteiger partial charge in [-0.05, 0) is 24.1 Å². The van der Waals surface area contributed by atoms with Crippen LogP contribution in [0.2, 0.25) is 5.02 Å². The first-order valence-corrected chi connectivity index (χ1v) is 9.38. The number of aryl methyl sites for hydroxylation is 1. The van der Waals surface area contributed by atoms with Crippen LogP contribution >= 0.6 is 34.7 Å². The van der Waals surface area contributed by atoms with Crippen molar-refractivity contribution in [3.05, 3.63) is 70.2 Å². The number of hydrogen-bond donors (Lipinski definition) is 1. The van der Waals surface area contributed by atoms with E-state index in [1.165, 1.54) is 11.1 Å². The predicted molar refractivity (Wildman–Crippen MR) is 99.4 cm³/mol. The van der Waals surface area contributed by atoms with Crippen LogP contribution in [0, 0.1) is 6.92 Å². The molecular weight excluding hydrogens is 346 g/mol. The molecule has 6 heteroatoms. The van der Waals surface area contributed by atoms with E-state index in [9.17, 15) is 0 Å². The van der Waals surface area contributed by atoms with E-state index < -0.39 is 0 Å². The number of rotatable bonds is 6. The summed E-state index contributed by atoms with van der Waals surface area (Å²) in [6.07, 6.45) is 0. The number of hydrogen-bond acceptors (Lipinski definition) is 5. The van der Waals surface area contributed by atoms with Crippen LogP contribution in [0.15, 0.2) is 52.9 Å². The fourth-order valence-corrected chi connectivity index (χ4v) is 4.01. The molecule has 0 aliphatic rings. The molecule has 0 radical (unpaired) electrons. The summed E-state index contributed by atoms with van der Waals surface area (Å²) in [6.45, 7) is 2.84. The Labute approximate surface area is 149 Å². The van der Waals surface area contributed by atoms with Gasteiger partial charge in [0.25, 0.3) is 0 Å². The van der Waals surface area contributed by atoms with Crippen molar-refractivity contribution < 1.29 is 0 Å². The second-order valence-electron chi connectivity index (χ2n) is 5.09. The summed E-state index contributed by atoms with van der Waals surface area (Å²) >= 11 is 9.39. The summed E-state index contributed by atoms with van der Waals surface area (Å²) in [5, 5.41) is 13.3. The molecule has 0 aliphatic carbocycles. The fourth-order valence-electron chi connectivity index (χ4n) is 1.98. The number of aromatic nitrogens is 2. The monoisotopic (exact) mass is 361 g/mol. The third kappa shape index (κ3) is 4.70. The van der Waals surface area contributed by atoms with Crippen molar-refractivity contribution in [3.8, 4) is 0 Å². The van der Waals surface area contributed by atoms with Crippen molar-refractivity contribution in [3.63, 3.8) is 0 Å².